The molecule has 1 aliphatic carbocycles. The molecule has 1 aromatic carbocycles. The van der Waals surface area contributed by atoms with Crippen molar-refractivity contribution >= 4 is 39.8 Å². The number of hydrogen-bond donors (Lipinski definition) is 1. The number of halogens is 1. The molecule has 1 saturated carbocycles. The molecule has 0 spiro atoms. The van der Waals surface area contributed by atoms with Crippen LogP contribution in [0.4, 0.5) is 5.00 Å². The first-order valence-electron chi connectivity index (χ1n) is 7.95. The minimum absolute atomic E-state index is 0.0173. The van der Waals surface area contributed by atoms with Crippen LogP contribution in [-0.2, 0) is 9.53 Å². The Morgan fingerprint density at radius 2 is 2.00 bits per heavy atom. The van der Waals surface area contributed by atoms with Crippen LogP contribution < -0.4 is 5.32 Å². The predicted octanol–water partition coefficient (Wildman–Crippen LogP) is 4.98. The summed E-state index contributed by atoms with van der Waals surface area (Å²) in [4.78, 5) is 24.7. The Morgan fingerprint density at radius 1 is 1.29 bits per heavy atom. The van der Waals surface area contributed by atoms with Crippen LogP contribution in [0.1, 0.15) is 36.5 Å². The van der Waals surface area contributed by atoms with Gasteiger partial charge in [-0.3, -0.25) is 4.79 Å². The molecule has 0 bridgehead atoms. The highest BCUT2D eigenvalue weighted by atomic mass is 35.5. The van der Waals surface area contributed by atoms with E-state index in [-0.39, 0.29) is 18.4 Å². The van der Waals surface area contributed by atoms with E-state index in [1.165, 1.54) is 11.3 Å². The smallest absolute Gasteiger partial charge is 0.341 e. The largest absolute Gasteiger partial charge is 0.462 e. The molecule has 1 amide bonds. The summed E-state index contributed by atoms with van der Waals surface area (Å²) in [5, 5.41) is 5.95. The van der Waals surface area contributed by atoms with Crippen LogP contribution in [-0.4, -0.2) is 18.5 Å². The van der Waals surface area contributed by atoms with Crippen molar-refractivity contribution in [2.24, 2.45) is 5.92 Å². The number of benzene rings is 1. The van der Waals surface area contributed by atoms with Crippen LogP contribution in [0.2, 0.25) is 5.02 Å². The van der Waals surface area contributed by atoms with Gasteiger partial charge in [0, 0.05) is 21.9 Å². The molecular formula is C18H18ClNO3S. The monoisotopic (exact) mass is 363 g/mol. The highest BCUT2D eigenvalue weighted by molar-refractivity contribution is 7.15. The number of rotatable bonds is 5. The number of hydrogen-bond acceptors (Lipinski definition) is 4. The molecule has 1 N–H and O–H groups in total. The van der Waals surface area contributed by atoms with Crippen LogP contribution >= 0.6 is 22.9 Å². The van der Waals surface area contributed by atoms with Gasteiger partial charge in [-0.1, -0.05) is 30.2 Å². The van der Waals surface area contributed by atoms with Crippen molar-refractivity contribution in [3.05, 3.63) is 40.2 Å². The molecule has 1 aromatic heterocycles. The van der Waals surface area contributed by atoms with E-state index in [4.69, 9.17) is 16.3 Å². The average Bonchev–Trinajstić information content (AvgIpc) is 2.90. The Kier molecular flexibility index (Phi) is 5.21. The maximum Gasteiger partial charge on any atom is 0.341 e. The molecule has 0 aliphatic heterocycles. The number of carbonyl (C=O) groups is 2. The Morgan fingerprint density at radius 3 is 2.58 bits per heavy atom. The maximum atomic E-state index is 12.4. The van der Waals surface area contributed by atoms with Gasteiger partial charge in [-0.05, 0) is 37.5 Å². The molecule has 0 unspecified atom stereocenters. The number of nitrogens with one attached hydrogen (secondary N) is 1. The molecule has 24 heavy (non-hydrogen) atoms. The van der Waals surface area contributed by atoms with Crippen LogP contribution in [0.25, 0.3) is 11.1 Å². The van der Waals surface area contributed by atoms with Gasteiger partial charge in [-0.2, -0.15) is 0 Å². The second-order valence-electron chi connectivity index (χ2n) is 5.70. The van der Waals surface area contributed by atoms with Gasteiger partial charge in [0.2, 0.25) is 5.91 Å². The van der Waals surface area contributed by atoms with Gasteiger partial charge in [-0.15, -0.1) is 11.3 Å². The molecule has 4 nitrogen and oxygen atoms in total. The topological polar surface area (TPSA) is 55.4 Å². The standard InChI is InChI=1S/C18H18ClNO3S/c1-2-23-18(22)15-14(11-6-8-13(19)9-7-11)10-24-17(15)20-16(21)12-4-3-5-12/h6-10,12H,2-5H2,1H3,(H,20,21). The Bertz CT molecular complexity index is 750. The molecule has 0 atom stereocenters. The van der Waals surface area contributed by atoms with Crippen LogP contribution in [0.5, 0.6) is 0 Å². The predicted molar refractivity (Wildman–Crippen MR) is 96.7 cm³/mol. The molecule has 1 fully saturated rings. The minimum Gasteiger partial charge on any atom is -0.462 e. The fourth-order valence-electron chi connectivity index (χ4n) is 2.58. The SMILES string of the molecule is CCOC(=O)c1c(-c2ccc(Cl)cc2)csc1NC(=O)C1CCC1. The molecule has 2 aromatic rings. The van der Waals surface area contributed by atoms with E-state index in [0.717, 1.165) is 30.4 Å². The van der Waals surface area contributed by atoms with Crippen LogP contribution in [0, 0.1) is 5.92 Å². The molecule has 3 rings (SSSR count). The zero-order valence-corrected chi connectivity index (χ0v) is 14.9. The number of thiophene rings is 1. The lowest BCUT2D eigenvalue weighted by Gasteiger charge is -2.23. The minimum atomic E-state index is -0.424. The van der Waals surface area contributed by atoms with Gasteiger partial charge in [-0.25, -0.2) is 4.79 Å². The summed E-state index contributed by atoms with van der Waals surface area (Å²) in [6.45, 7) is 2.05. The van der Waals surface area contributed by atoms with Crippen molar-refractivity contribution in [1.82, 2.24) is 0 Å². The summed E-state index contributed by atoms with van der Waals surface area (Å²) in [5.41, 5.74) is 2.03. The zero-order valence-electron chi connectivity index (χ0n) is 13.3. The number of anilines is 1. The molecule has 0 saturated heterocycles. The van der Waals surface area contributed by atoms with Gasteiger partial charge in [0.15, 0.2) is 0 Å². The quantitative estimate of drug-likeness (QED) is 0.762. The molecule has 0 radical (unpaired) electrons. The summed E-state index contributed by atoms with van der Waals surface area (Å²) in [5.74, 6) is -0.384. The Balaban J connectivity index is 1.94. The number of carbonyl (C=O) groups excluding carboxylic acids is 2. The van der Waals surface area contributed by atoms with Crippen molar-refractivity contribution < 1.29 is 14.3 Å². The second-order valence-corrected chi connectivity index (χ2v) is 7.01. The highest BCUT2D eigenvalue weighted by Gasteiger charge is 2.28. The fourth-order valence-corrected chi connectivity index (χ4v) is 3.67. The van der Waals surface area contributed by atoms with Crippen molar-refractivity contribution in [2.45, 2.75) is 26.2 Å². The molecule has 126 valence electrons. The third-order valence-electron chi connectivity index (χ3n) is 4.14. The van der Waals surface area contributed by atoms with E-state index in [1.807, 2.05) is 17.5 Å². The van der Waals surface area contributed by atoms with Crippen LogP contribution in [0.15, 0.2) is 29.6 Å². The lowest BCUT2D eigenvalue weighted by atomic mass is 9.85. The van der Waals surface area contributed by atoms with Crippen molar-refractivity contribution in [2.75, 3.05) is 11.9 Å². The summed E-state index contributed by atoms with van der Waals surface area (Å²) in [6, 6.07) is 7.25. The Labute approximate surface area is 149 Å². The third kappa shape index (κ3) is 3.47. The number of ether oxygens (including phenoxy) is 1. The summed E-state index contributed by atoms with van der Waals surface area (Å²) >= 11 is 7.28. The fraction of sp³-hybridized carbons (Fsp3) is 0.333. The highest BCUT2D eigenvalue weighted by Crippen LogP contribution is 2.37. The van der Waals surface area contributed by atoms with Gasteiger partial charge in [0.1, 0.15) is 10.6 Å². The molecule has 1 heterocycles. The van der Waals surface area contributed by atoms with Gasteiger partial charge in [0.05, 0.1) is 6.61 Å². The van der Waals surface area contributed by atoms with E-state index in [0.29, 0.717) is 15.6 Å². The van der Waals surface area contributed by atoms with Gasteiger partial charge in [0.25, 0.3) is 0 Å². The van der Waals surface area contributed by atoms with E-state index in [9.17, 15) is 9.59 Å². The lowest BCUT2D eigenvalue weighted by molar-refractivity contribution is -0.122. The first-order valence-corrected chi connectivity index (χ1v) is 9.21. The number of amides is 1. The molecule has 6 heteroatoms. The van der Waals surface area contributed by atoms with Crippen molar-refractivity contribution in [3.8, 4) is 11.1 Å². The number of esters is 1. The zero-order chi connectivity index (χ0) is 17.1. The average molecular weight is 364 g/mol. The summed E-state index contributed by atoms with van der Waals surface area (Å²) < 4.78 is 5.19. The van der Waals surface area contributed by atoms with Crippen molar-refractivity contribution in [1.29, 1.82) is 0 Å². The second kappa shape index (κ2) is 7.36. The lowest BCUT2D eigenvalue weighted by Crippen LogP contribution is -2.28. The van der Waals surface area contributed by atoms with E-state index in [2.05, 4.69) is 5.32 Å². The summed E-state index contributed by atoms with van der Waals surface area (Å²) in [7, 11) is 0. The molecular weight excluding hydrogens is 346 g/mol. The Hall–Kier alpha value is -1.85. The normalized spacial score (nSPS) is 14.1. The van der Waals surface area contributed by atoms with Crippen LogP contribution in [0.3, 0.4) is 0 Å². The van der Waals surface area contributed by atoms with E-state index >= 15 is 0 Å². The maximum absolute atomic E-state index is 12.4. The van der Waals surface area contributed by atoms with Gasteiger partial charge < -0.3 is 10.1 Å². The third-order valence-corrected chi connectivity index (χ3v) is 5.29. The van der Waals surface area contributed by atoms with E-state index < -0.39 is 5.97 Å². The first kappa shape index (κ1) is 17.0. The van der Waals surface area contributed by atoms with Gasteiger partial charge >= 0.3 is 5.97 Å². The van der Waals surface area contributed by atoms with E-state index in [1.54, 1.807) is 19.1 Å². The van der Waals surface area contributed by atoms with Crippen molar-refractivity contribution in [3.63, 3.8) is 0 Å². The summed E-state index contributed by atoms with van der Waals surface area (Å²) in [6.07, 6.45) is 2.91. The first-order chi connectivity index (χ1) is 11.6. The molecule has 1 aliphatic rings.